The van der Waals surface area contributed by atoms with E-state index in [0.29, 0.717) is 15.1 Å². The molecule has 1 aromatic carbocycles. The van der Waals surface area contributed by atoms with Gasteiger partial charge in [0.2, 0.25) is 0 Å². The minimum Gasteiger partial charge on any atom is -0.384 e. The smallest absolute Gasteiger partial charge is 0.0653 e. The van der Waals surface area contributed by atoms with Crippen LogP contribution in [-0.2, 0) is 0 Å². The summed E-state index contributed by atoms with van der Waals surface area (Å²) >= 11 is 19.5. The summed E-state index contributed by atoms with van der Waals surface area (Å²) in [5.74, 6) is 1.13. The quantitative estimate of drug-likeness (QED) is 0.615. The molecule has 0 heterocycles. The first-order valence-electron chi connectivity index (χ1n) is 4.52. The van der Waals surface area contributed by atoms with Gasteiger partial charge < -0.3 is 5.32 Å². The highest BCUT2D eigenvalue weighted by atomic mass is 35.5. The SMILES string of the molecule is CSCCCNc1cc(Cl)c(Cl)cc1Cl. The van der Waals surface area contributed by atoms with Gasteiger partial charge in [-0.3, -0.25) is 0 Å². The van der Waals surface area contributed by atoms with Crippen LogP contribution in [0.25, 0.3) is 0 Å². The van der Waals surface area contributed by atoms with Crippen LogP contribution in [0.5, 0.6) is 0 Å². The van der Waals surface area contributed by atoms with E-state index >= 15 is 0 Å². The van der Waals surface area contributed by atoms with Crippen molar-refractivity contribution in [1.82, 2.24) is 0 Å². The molecule has 0 aliphatic carbocycles. The molecular weight excluding hydrogens is 273 g/mol. The maximum Gasteiger partial charge on any atom is 0.0653 e. The van der Waals surface area contributed by atoms with Crippen LogP contribution < -0.4 is 5.32 Å². The summed E-state index contributed by atoms with van der Waals surface area (Å²) in [7, 11) is 0. The van der Waals surface area contributed by atoms with Crippen molar-refractivity contribution < 1.29 is 0 Å². The number of halogens is 3. The Morgan fingerprint density at radius 1 is 1.13 bits per heavy atom. The Labute approximate surface area is 109 Å². The number of rotatable bonds is 5. The Balaban J connectivity index is 2.57. The molecule has 15 heavy (non-hydrogen) atoms. The lowest BCUT2D eigenvalue weighted by molar-refractivity contribution is 0.993. The normalized spacial score (nSPS) is 10.4. The Morgan fingerprint density at radius 2 is 1.80 bits per heavy atom. The van der Waals surface area contributed by atoms with Crippen LogP contribution in [0.15, 0.2) is 12.1 Å². The van der Waals surface area contributed by atoms with Gasteiger partial charge in [-0.15, -0.1) is 0 Å². The van der Waals surface area contributed by atoms with E-state index in [0.717, 1.165) is 24.4 Å². The molecule has 84 valence electrons. The molecular formula is C10H12Cl3NS. The molecule has 1 aromatic rings. The van der Waals surface area contributed by atoms with Crippen LogP contribution >= 0.6 is 46.6 Å². The molecule has 0 radical (unpaired) electrons. The molecule has 0 saturated carbocycles. The lowest BCUT2D eigenvalue weighted by Crippen LogP contribution is -2.03. The zero-order chi connectivity index (χ0) is 11.3. The minimum atomic E-state index is 0.483. The van der Waals surface area contributed by atoms with Gasteiger partial charge in [-0.2, -0.15) is 11.8 Å². The molecule has 0 fully saturated rings. The Morgan fingerprint density at radius 3 is 2.47 bits per heavy atom. The molecule has 1 nitrogen and oxygen atoms in total. The molecule has 0 unspecified atom stereocenters. The van der Waals surface area contributed by atoms with Gasteiger partial charge in [0.1, 0.15) is 0 Å². The van der Waals surface area contributed by atoms with Gasteiger partial charge in [0.15, 0.2) is 0 Å². The van der Waals surface area contributed by atoms with Crippen LogP contribution in [-0.4, -0.2) is 18.6 Å². The van der Waals surface area contributed by atoms with Gasteiger partial charge in [-0.05, 0) is 30.6 Å². The summed E-state index contributed by atoms with van der Waals surface area (Å²) in [5.41, 5.74) is 0.840. The lowest BCUT2D eigenvalue weighted by Gasteiger charge is -2.09. The molecule has 0 aromatic heterocycles. The monoisotopic (exact) mass is 283 g/mol. The summed E-state index contributed by atoms with van der Waals surface area (Å²) < 4.78 is 0. The van der Waals surface area contributed by atoms with Gasteiger partial charge in [-0.25, -0.2) is 0 Å². The fourth-order valence-corrected chi connectivity index (χ4v) is 2.14. The van der Waals surface area contributed by atoms with Crippen molar-refractivity contribution in [1.29, 1.82) is 0 Å². The summed E-state index contributed by atoms with van der Waals surface area (Å²) in [4.78, 5) is 0. The molecule has 0 bridgehead atoms. The van der Waals surface area contributed by atoms with Crippen molar-refractivity contribution in [2.45, 2.75) is 6.42 Å². The average molecular weight is 285 g/mol. The average Bonchev–Trinajstić information content (AvgIpc) is 2.20. The molecule has 0 amide bonds. The van der Waals surface area contributed by atoms with E-state index < -0.39 is 0 Å². The number of thioether (sulfide) groups is 1. The van der Waals surface area contributed by atoms with Crippen molar-refractivity contribution in [3.8, 4) is 0 Å². The van der Waals surface area contributed by atoms with Gasteiger partial charge >= 0.3 is 0 Å². The van der Waals surface area contributed by atoms with Crippen molar-refractivity contribution in [2.24, 2.45) is 0 Å². The fourth-order valence-electron chi connectivity index (χ4n) is 1.10. The second kappa shape index (κ2) is 6.74. The van der Waals surface area contributed by atoms with Gasteiger partial charge in [-0.1, -0.05) is 34.8 Å². The highest BCUT2D eigenvalue weighted by Crippen LogP contribution is 2.32. The number of nitrogens with one attached hydrogen (secondary N) is 1. The number of anilines is 1. The van der Waals surface area contributed by atoms with E-state index in [-0.39, 0.29) is 0 Å². The first-order valence-corrected chi connectivity index (χ1v) is 7.05. The van der Waals surface area contributed by atoms with Crippen LogP contribution in [0.1, 0.15) is 6.42 Å². The van der Waals surface area contributed by atoms with Crippen molar-refractivity contribution in [3.05, 3.63) is 27.2 Å². The largest absolute Gasteiger partial charge is 0.384 e. The summed E-state index contributed by atoms with van der Waals surface area (Å²) in [5, 5.41) is 4.84. The molecule has 1 rings (SSSR count). The van der Waals surface area contributed by atoms with Gasteiger partial charge in [0, 0.05) is 6.54 Å². The zero-order valence-corrected chi connectivity index (χ0v) is 11.4. The molecule has 0 atom stereocenters. The molecule has 0 aliphatic rings. The van der Waals surface area contributed by atoms with Crippen LogP contribution in [0.3, 0.4) is 0 Å². The number of hydrogen-bond donors (Lipinski definition) is 1. The highest BCUT2D eigenvalue weighted by molar-refractivity contribution is 7.98. The number of hydrogen-bond acceptors (Lipinski definition) is 2. The van der Waals surface area contributed by atoms with E-state index in [1.165, 1.54) is 0 Å². The third kappa shape index (κ3) is 4.31. The summed E-state index contributed by atoms with van der Waals surface area (Å²) in [6, 6.07) is 3.41. The second-order valence-corrected chi connectivity index (χ2v) is 5.23. The third-order valence-corrected chi connectivity index (χ3v) is 3.58. The lowest BCUT2D eigenvalue weighted by atomic mass is 10.3. The van der Waals surface area contributed by atoms with E-state index in [9.17, 15) is 0 Å². The maximum absolute atomic E-state index is 6.00. The molecule has 0 aliphatic heterocycles. The predicted octanol–water partition coefficient (Wildman–Crippen LogP) is 4.81. The standard InChI is InChI=1S/C10H12Cl3NS/c1-15-4-2-3-14-10-6-8(12)7(11)5-9(10)13/h5-6,14H,2-4H2,1H3. The maximum atomic E-state index is 6.00. The second-order valence-electron chi connectivity index (χ2n) is 3.02. The van der Waals surface area contributed by atoms with E-state index in [2.05, 4.69) is 11.6 Å². The van der Waals surface area contributed by atoms with Crippen LogP contribution in [0.2, 0.25) is 15.1 Å². The summed E-state index contributed by atoms with van der Waals surface area (Å²) in [6.45, 7) is 0.887. The Hall–Kier alpha value is 0.240. The fraction of sp³-hybridized carbons (Fsp3) is 0.400. The Bertz CT molecular complexity index is 331. The van der Waals surface area contributed by atoms with E-state index in [1.54, 1.807) is 12.1 Å². The van der Waals surface area contributed by atoms with Crippen molar-refractivity contribution >= 4 is 52.3 Å². The van der Waals surface area contributed by atoms with Gasteiger partial charge in [0.25, 0.3) is 0 Å². The first-order chi connectivity index (χ1) is 7.15. The minimum absolute atomic E-state index is 0.483. The first kappa shape index (κ1) is 13.3. The van der Waals surface area contributed by atoms with Crippen molar-refractivity contribution in [3.63, 3.8) is 0 Å². The molecule has 5 heteroatoms. The van der Waals surface area contributed by atoms with Crippen LogP contribution in [0, 0.1) is 0 Å². The van der Waals surface area contributed by atoms with E-state index in [1.807, 2.05) is 11.8 Å². The predicted molar refractivity (Wildman–Crippen MR) is 73.0 cm³/mol. The van der Waals surface area contributed by atoms with Crippen molar-refractivity contribution in [2.75, 3.05) is 23.9 Å². The number of benzene rings is 1. The topological polar surface area (TPSA) is 12.0 Å². The molecule has 1 N–H and O–H groups in total. The van der Waals surface area contributed by atoms with E-state index in [4.69, 9.17) is 34.8 Å². The summed E-state index contributed by atoms with van der Waals surface area (Å²) in [6.07, 6.45) is 3.18. The zero-order valence-electron chi connectivity index (χ0n) is 8.32. The molecule has 0 saturated heterocycles. The Kier molecular flexibility index (Phi) is 5.98. The third-order valence-electron chi connectivity index (χ3n) is 1.85. The van der Waals surface area contributed by atoms with Crippen LogP contribution in [0.4, 0.5) is 5.69 Å². The van der Waals surface area contributed by atoms with Gasteiger partial charge in [0.05, 0.1) is 20.8 Å². The molecule has 0 spiro atoms. The highest BCUT2D eigenvalue weighted by Gasteiger charge is 2.04.